The van der Waals surface area contributed by atoms with E-state index in [-0.39, 0.29) is 24.9 Å². The Labute approximate surface area is 113 Å². The average Bonchev–Trinajstić information content (AvgIpc) is 2.36. The molecule has 0 fully saturated rings. The largest absolute Gasteiger partial charge is 0.483 e. The lowest BCUT2D eigenvalue weighted by molar-refractivity contribution is -0.123. The second kappa shape index (κ2) is 7.74. The molecule has 0 spiro atoms. The summed E-state index contributed by atoms with van der Waals surface area (Å²) in [5.41, 5.74) is 6.04. The molecule has 0 heterocycles. The molecular weight excluding hydrogens is 247 g/mol. The van der Waals surface area contributed by atoms with Crippen LogP contribution in [0.15, 0.2) is 18.2 Å². The van der Waals surface area contributed by atoms with E-state index < -0.39 is 0 Å². The predicted octanol–water partition coefficient (Wildman–Crippen LogP) is 1.83. The fourth-order valence-electron chi connectivity index (χ4n) is 1.54. The number of ether oxygens (including phenoxy) is 1. The maximum absolute atomic E-state index is 13.0. The van der Waals surface area contributed by atoms with Gasteiger partial charge in [0.2, 0.25) is 0 Å². The Morgan fingerprint density at radius 2 is 2.21 bits per heavy atom. The fraction of sp³-hybridized carbons (Fsp3) is 0.500. The van der Waals surface area contributed by atoms with Crippen LogP contribution in [0.3, 0.4) is 0 Å². The minimum absolute atomic E-state index is 0.0866. The van der Waals surface area contributed by atoms with E-state index in [2.05, 4.69) is 19.2 Å². The number of rotatable bonds is 7. The molecule has 106 valence electrons. The summed E-state index contributed by atoms with van der Waals surface area (Å²) in [6.45, 7) is 4.90. The fourth-order valence-corrected chi connectivity index (χ4v) is 1.54. The number of hydrogen-bond donors (Lipinski definition) is 2. The first-order chi connectivity index (χ1) is 9.02. The van der Waals surface area contributed by atoms with Gasteiger partial charge in [-0.05, 0) is 30.5 Å². The third-order valence-corrected chi connectivity index (χ3v) is 2.65. The molecule has 0 unspecified atom stereocenters. The van der Waals surface area contributed by atoms with Crippen molar-refractivity contribution in [1.29, 1.82) is 0 Å². The Morgan fingerprint density at radius 3 is 2.84 bits per heavy atom. The van der Waals surface area contributed by atoms with E-state index in [1.54, 1.807) is 0 Å². The van der Waals surface area contributed by atoms with Gasteiger partial charge < -0.3 is 15.8 Å². The zero-order valence-electron chi connectivity index (χ0n) is 11.4. The summed E-state index contributed by atoms with van der Waals surface area (Å²) in [5.74, 6) is 0.437. The van der Waals surface area contributed by atoms with Crippen LogP contribution < -0.4 is 15.8 Å². The molecule has 0 saturated heterocycles. The van der Waals surface area contributed by atoms with Crippen molar-refractivity contribution in [3.8, 4) is 5.75 Å². The van der Waals surface area contributed by atoms with E-state index in [9.17, 15) is 9.18 Å². The van der Waals surface area contributed by atoms with Crippen molar-refractivity contribution in [3.63, 3.8) is 0 Å². The number of nitrogens with two attached hydrogens (primary N) is 1. The van der Waals surface area contributed by atoms with Gasteiger partial charge in [0.25, 0.3) is 5.91 Å². The SMILES string of the molecule is CC(C)CCNC(=O)COc1ccc(F)cc1CN. The molecule has 4 nitrogen and oxygen atoms in total. The van der Waals surface area contributed by atoms with Gasteiger partial charge in [0.15, 0.2) is 6.61 Å². The monoisotopic (exact) mass is 268 g/mol. The standard InChI is InChI=1S/C14H21FN2O2/c1-10(2)5-6-17-14(18)9-19-13-4-3-12(15)7-11(13)8-16/h3-4,7,10H,5-6,8-9,16H2,1-2H3,(H,17,18). The van der Waals surface area contributed by atoms with Crippen molar-refractivity contribution in [2.45, 2.75) is 26.8 Å². The first kappa shape index (κ1) is 15.4. The maximum Gasteiger partial charge on any atom is 0.257 e. The number of benzene rings is 1. The molecule has 1 amide bonds. The highest BCUT2D eigenvalue weighted by Gasteiger charge is 2.07. The van der Waals surface area contributed by atoms with Gasteiger partial charge in [-0.2, -0.15) is 0 Å². The van der Waals surface area contributed by atoms with E-state index in [1.807, 2.05) is 0 Å². The zero-order chi connectivity index (χ0) is 14.3. The Hall–Kier alpha value is -1.62. The summed E-state index contributed by atoms with van der Waals surface area (Å²) in [5, 5.41) is 2.76. The summed E-state index contributed by atoms with van der Waals surface area (Å²) >= 11 is 0. The van der Waals surface area contributed by atoms with Gasteiger partial charge in [-0.1, -0.05) is 13.8 Å². The lowest BCUT2D eigenvalue weighted by Gasteiger charge is -2.11. The molecule has 0 bridgehead atoms. The van der Waals surface area contributed by atoms with Crippen LogP contribution in [-0.2, 0) is 11.3 Å². The molecule has 1 rings (SSSR count). The number of nitrogens with one attached hydrogen (secondary N) is 1. The van der Waals surface area contributed by atoms with E-state index in [1.165, 1.54) is 18.2 Å². The molecule has 0 aliphatic heterocycles. The number of amides is 1. The van der Waals surface area contributed by atoms with Gasteiger partial charge in [0, 0.05) is 18.7 Å². The van der Waals surface area contributed by atoms with Crippen molar-refractivity contribution < 1.29 is 13.9 Å². The first-order valence-electron chi connectivity index (χ1n) is 6.41. The van der Waals surface area contributed by atoms with Crippen molar-refractivity contribution in [1.82, 2.24) is 5.32 Å². The molecule has 1 aromatic carbocycles. The van der Waals surface area contributed by atoms with Crippen molar-refractivity contribution >= 4 is 5.91 Å². The van der Waals surface area contributed by atoms with Crippen LogP contribution in [-0.4, -0.2) is 19.1 Å². The zero-order valence-corrected chi connectivity index (χ0v) is 11.4. The third kappa shape index (κ3) is 5.70. The highest BCUT2D eigenvalue weighted by molar-refractivity contribution is 5.77. The van der Waals surface area contributed by atoms with Crippen LogP contribution in [0.5, 0.6) is 5.75 Å². The second-order valence-electron chi connectivity index (χ2n) is 4.78. The summed E-state index contributed by atoms with van der Waals surface area (Å²) in [4.78, 5) is 11.5. The Balaban J connectivity index is 2.41. The Kier molecular flexibility index (Phi) is 6.29. The number of hydrogen-bond acceptors (Lipinski definition) is 3. The average molecular weight is 268 g/mol. The first-order valence-corrected chi connectivity index (χ1v) is 6.41. The molecule has 0 atom stereocenters. The molecule has 0 aliphatic rings. The number of carbonyl (C=O) groups is 1. The van der Waals surface area contributed by atoms with E-state index in [4.69, 9.17) is 10.5 Å². The predicted molar refractivity (Wildman–Crippen MR) is 72.3 cm³/mol. The van der Waals surface area contributed by atoms with E-state index in [0.29, 0.717) is 23.8 Å². The van der Waals surface area contributed by atoms with Gasteiger partial charge in [-0.25, -0.2) is 4.39 Å². The minimum Gasteiger partial charge on any atom is -0.483 e. The number of halogens is 1. The Morgan fingerprint density at radius 1 is 1.47 bits per heavy atom. The molecule has 0 saturated carbocycles. The van der Waals surface area contributed by atoms with Crippen LogP contribution >= 0.6 is 0 Å². The quantitative estimate of drug-likeness (QED) is 0.793. The lowest BCUT2D eigenvalue weighted by Crippen LogP contribution is -2.30. The summed E-state index contributed by atoms with van der Waals surface area (Å²) in [7, 11) is 0. The lowest BCUT2D eigenvalue weighted by atomic mass is 10.1. The van der Waals surface area contributed by atoms with E-state index in [0.717, 1.165) is 6.42 Å². The van der Waals surface area contributed by atoms with Crippen LogP contribution in [0.25, 0.3) is 0 Å². The van der Waals surface area contributed by atoms with Crippen LogP contribution in [0, 0.1) is 11.7 Å². The van der Waals surface area contributed by atoms with Gasteiger partial charge in [0.05, 0.1) is 0 Å². The van der Waals surface area contributed by atoms with Crippen LogP contribution in [0.4, 0.5) is 4.39 Å². The van der Waals surface area contributed by atoms with Crippen LogP contribution in [0.2, 0.25) is 0 Å². The highest BCUT2D eigenvalue weighted by Crippen LogP contribution is 2.18. The number of carbonyl (C=O) groups excluding carboxylic acids is 1. The Bertz CT molecular complexity index is 422. The van der Waals surface area contributed by atoms with Crippen molar-refractivity contribution in [2.75, 3.05) is 13.2 Å². The molecule has 19 heavy (non-hydrogen) atoms. The normalized spacial score (nSPS) is 10.6. The van der Waals surface area contributed by atoms with Crippen LogP contribution in [0.1, 0.15) is 25.8 Å². The third-order valence-electron chi connectivity index (χ3n) is 2.65. The topological polar surface area (TPSA) is 64.3 Å². The molecule has 5 heteroatoms. The summed E-state index contributed by atoms with van der Waals surface area (Å²) in [6.07, 6.45) is 0.927. The molecular formula is C14H21FN2O2. The van der Waals surface area contributed by atoms with Gasteiger partial charge in [0.1, 0.15) is 11.6 Å². The molecule has 0 aromatic heterocycles. The molecule has 1 aromatic rings. The molecule has 0 radical (unpaired) electrons. The van der Waals surface area contributed by atoms with Gasteiger partial charge in [-0.3, -0.25) is 4.79 Å². The highest BCUT2D eigenvalue weighted by atomic mass is 19.1. The summed E-state index contributed by atoms with van der Waals surface area (Å²) in [6, 6.07) is 4.08. The molecule has 0 aliphatic carbocycles. The van der Waals surface area contributed by atoms with E-state index >= 15 is 0 Å². The maximum atomic E-state index is 13.0. The molecule has 3 N–H and O–H groups in total. The second-order valence-corrected chi connectivity index (χ2v) is 4.78. The van der Waals surface area contributed by atoms with Crippen molar-refractivity contribution in [3.05, 3.63) is 29.6 Å². The summed E-state index contributed by atoms with van der Waals surface area (Å²) < 4.78 is 18.3. The smallest absolute Gasteiger partial charge is 0.257 e. The van der Waals surface area contributed by atoms with Gasteiger partial charge >= 0.3 is 0 Å². The van der Waals surface area contributed by atoms with Crippen molar-refractivity contribution in [2.24, 2.45) is 11.7 Å². The van der Waals surface area contributed by atoms with Gasteiger partial charge in [-0.15, -0.1) is 0 Å². The minimum atomic E-state index is -0.366.